The van der Waals surface area contributed by atoms with Gasteiger partial charge in [-0.05, 0) is 5.56 Å². The minimum Gasteiger partial charge on any atom is -0.359 e. The van der Waals surface area contributed by atoms with Crippen LogP contribution in [0.25, 0.3) is 0 Å². The van der Waals surface area contributed by atoms with E-state index in [1.807, 2.05) is 30.3 Å². The van der Waals surface area contributed by atoms with Gasteiger partial charge in [-0.2, -0.15) is 0 Å². The first kappa shape index (κ1) is 8.24. The van der Waals surface area contributed by atoms with Crippen molar-refractivity contribution in [2.24, 2.45) is 0 Å². The van der Waals surface area contributed by atoms with Crippen molar-refractivity contribution in [1.82, 2.24) is 0 Å². The lowest BCUT2D eigenvalue weighted by Crippen LogP contribution is -1.93. The van der Waals surface area contributed by atoms with Gasteiger partial charge in [-0.25, -0.2) is 0 Å². The van der Waals surface area contributed by atoms with Crippen molar-refractivity contribution in [2.75, 3.05) is 13.9 Å². The number of ether oxygens (including phenoxy) is 2. The van der Waals surface area contributed by atoms with Crippen LogP contribution >= 0.6 is 0 Å². The fraction of sp³-hybridized carbons (Fsp3) is 0.222. The van der Waals surface area contributed by atoms with Crippen LogP contribution in [0.2, 0.25) is 0 Å². The first-order valence-electron chi connectivity index (χ1n) is 3.35. The summed E-state index contributed by atoms with van der Waals surface area (Å²) in [4.78, 5) is 0. The van der Waals surface area contributed by atoms with Crippen LogP contribution < -0.4 is 0 Å². The Morgan fingerprint density at radius 1 is 1.27 bits per heavy atom. The molecule has 2 nitrogen and oxygen atoms in total. The maximum absolute atomic E-state index is 4.90. The second kappa shape index (κ2) is 4.88. The van der Waals surface area contributed by atoms with Gasteiger partial charge < -0.3 is 9.47 Å². The molecule has 0 aliphatic rings. The lowest BCUT2D eigenvalue weighted by molar-refractivity contribution is 0.00461. The second-order valence-corrected chi connectivity index (χ2v) is 2.02. The third-order valence-corrected chi connectivity index (χ3v) is 1.14. The summed E-state index contributed by atoms with van der Waals surface area (Å²) in [6, 6.07) is 9.63. The molecule has 2 heteroatoms. The molecule has 1 aromatic rings. The van der Waals surface area contributed by atoms with E-state index in [4.69, 9.17) is 4.74 Å². The fourth-order valence-corrected chi connectivity index (χ4v) is 0.678. The van der Waals surface area contributed by atoms with E-state index in [9.17, 15) is 0 Å². The Balaban J connectivity index is 2.28. The van der Waals surface area contributed by atoms with Crippen molar-refractivity contribution in [3.63, 3.8) is 0 Å². The van der Waals surface area contributed by atoms with Gasteiger partial charge in [-0.1, -0.05) is 30.3 Å². The molecule has 0 aliphatic heterocycles. The highest BCUT2D eigenvalue weighted by Gasteiger charge is 1.91. The average Bonchev–Trinajstić information content (AvgIpc) is 2.07. The molecule has 0 unspecified atom stereocenters. The van der Waals surface area contributed by atoms with Gasteiger partial charge in [0.05, 0.1) is 0 Å². The zero-order valence-corrected chi connectivity index (χ0v) is 6.41. The normalized spacial score (nSPS) is 9.91. The molecule has 0 N–H and O–H groups in total. The first-order valence-corrected chi connectivity index (χ1v) is 3.35. The molecule has 0 atom stereocenters. The number of methoxy groups -OCH3 is 1. The van der Waals surface area contributed by atoms with Crippen molar-refractivity contribution < 1.29 is 9.47 Å². The van der Waals surface area contributed by atoms with Crippen LogP contribution in [0.15, 0.2) is 30.3 Å². The van der Waals surface area contributed by atoms with Crippen LogP contribution in [0.4, 0.5) is 0 Å². The average molecular weight is 150 g/mol. The highest BCUT2D eigenvalue weighted by molar-refractivity contribution is 5.19. The van der Waals surface area contributed by atoms with Gasteiger partial charge in [0.2, 0.25) is 0 Å². The SMILES string of the molecule is COCO[C]c1ccccc1. The lowest BCUT2D eigenvalue weighted by Gasteiger charge is -1.99. The van der Waals surface area contributed by atoms with Gasteiger partial charge in [0.1, 0.15) is 6.79 Å². The van der Waals surface area contributed by atoms with Crippen LogP contribution in [-0.2, 0) is 9.47 Å². The van der Waals surface area contributed by atoms with Crippen molar-refractivity contribution >= 4 is 0 Å². The summed E-state index contributed by atoms with van der Waals surface area (Å²) in [7, 11) is 1.58. The maximum Gasteiger partial charge on any atom is 0.169 e. The van der Waals surface area contributed by atoms with Crippen LogP contribution in [0, 0.1) is 6.61 Å². The zero-order valence-electron chi connectivity index (χ0n) is 6.41. The summed E-state index contributed by atoms with van der Waals surface area (Å²) in [6.07, 6.45) is 0. The first-order chi connectivity index (χ1) is 5.43. The molecule has 0 fully saturated rings. The van der Waals surface area contributed by atoms with Gasteiger partial charge in [0, 0.05) is 7.11 Å². The molecule has 58 valence electrons. The standard InChI is InChI=1S/C9H10O2/c1-10-8-11-7-9-5-3-2-4-6-9/h2-6H,8H2,1H3. The molecule has 0 amide bonds. The molecule has 0 heterocycles. The predicted octanol–water partition coefficient (Wildman–Crippen LogP) is 1.69. The summed E-state index contributed by atoms with van der Waals surface area (Å²) in [5, 5.41) is 0. The Labute approximate surface area is 66.8 Å². The quantitative estimate of drug-likeness (QED) is 0.480. The van der Waals surface area contributed by atoms with E-state index in [2.05, 4.69) is 11.3 Å². The van der Waals surface area contributed by atoms with E-state index in [0.29, 0.717) is 0 Å². The van der Waals surface area contributed by atoms with Crippen LogP contribution in [0.3, 0.4) is 0 Å². The largest absolute Gasteiger partial charge is 0.359 e. The van der Waals surface area contributed by atoms with E-state index in [0.717, 1.165) is 5.56 Å². The molecular weight excluding hydrogens is 140 g/mol. The van der Waals surface area contributed by atoms with Gasteiger partial charge >= 0.3 is 0 Å². The van der Waals surface area contributed by atoms with E-state index in [1.165, 1.54) is 0 Å². The van der Waals surface area contributed by atoms with Crippen molar-refractivity contribution in [3.05, 3.63) is 42.5 Å². The summed E-state index contributed by atoms with van der Waals surface area (Å²) < 4.78 is 9.58. The molecule has 0 aliphatic carbocycles. The lowest BCUT2D eigenvalue weighted by atomic mass is 10.2. The Kier molecular flexibility index (Phi) is 3.65. The van der Waals surface area contributed by atoms with Crippen molar-refractivity contribution in [1.29, 1.82) is 0 Å². The van der Waals surface area contributed by atoms with Crippen LogP contribution in [-0.4, -0.2) is 13.9 Å². The molecule has 11 heavy (non-hydrogen) atoms. The third kappa shape index (κ3) is 3.16. The molecule has 1 rings (SSSR count). The molecule has 0 saturated carbocycles. The summed E-state index contributed by atoms with van der Waals surface area (Å²) in [5.74, 6) is 0. The van der Waals surface area contributed by atoms with E-state index in [1.54, 1.807) is 7.11 Å². The monoisotopic (exact) mass is 150 g/mol. The van der Waals surface area contributed by atoms with Crippen molar-refractivity contribution in [2.45, 2.75) is 0 Å². The van der Waals surface area contributed by atoms with E-state index in [-0.39, 0.29) is 6.79 Å². The molecule has 0 aromatic heterocycles. The third-order valence-electron chi connectivity index (χ3n) is 1.14. The van der Waals surface area contributed by atoms with Crippen molar-refractivity contribution in [3.8, 4) is 0 Å². The summed E-state index contributed by atoms with van der Waals surface area (Å²) in [6.45, 7) is 2.97. The van der Waals surface area contributed by atoms with Gasteiger partial charge in [-0.15, -0.1) is 0 Å². The zero-order chi connectivity index (χ0) is 7.94. The molecule has 2 radical (unpaired) electrons. The predicted molar refractivity (Wildman–Crippen MR) is 41.7 cm³/mol. The van der Waals surface area contributed by atoms with Gasteiger partial charge in [0.15, 0.2) is 6.61 Å². The van der Waals surface area contributed by atoms with Gasteiger partial charge in [0.25, 0.3) is 0 Å². The molecular formula is C9H10O2. The molecule has 0 bridgehead atoms. The minimum absolute atomic E-state index is 0.245. The Bertz CT molecular complexity index is 184. The maximum atomic E-state index is 4.90. The minimum atomic E-state index is 0.245. The smallest absolute Gasteiger partial charge is 0.169 e. The Morgan fingerprint density at radius 2 is 2.00 bits per heavy atom. The highest BCUT2D eigenvalue weighted by Crippen LogP contribution is 2.01. The van der Waals surface area contributed by atoms with Gasteiger partial charge in [-0.3, -0.25) is 0 Å². The second-order valence-electron chi connectivity index (χ2n) is 2.02. The molecule has 0 spiro atoms. The summed E-state index contributed by atoms with van der Waals surface area (Å²) in [5.41, 5.74) is 0.921. The topological polar surface area (TPSA) is 18.5 Å². The summed E-state index contributed by atoms with van der Waals surface area (Å²) >= 11 is 0. The Morgan fingerprint density at radius 3 is 2.64 bits per heavy atom. The van der Waals surface area contributed by atoms with E-state index >= 15 is 0 Å². The highest BCUT2D eigenvalue weighted by atomic mass is 16.7. The molecule has 1 aromatic carbocycles. The number of hydrogen-bond donors (Lipinski definition) is 0. The van der Waals surface area contributed by atoms with E-state index < -0.39 is 0 Å². The number of benzene rings is 1. The Hall–Kier alpha value is -0.860. The van der Waals surface area contributed by atoms with Crippen LogP contribution in [0.5, 0.6) is 0 Å². The molecule has 0 saturated heterocycles. The number of rotatable bonds is 4. The van der Waals surface area contributed by atoms with Crippen LogP contribution in [0.1, 0.15) is 5.56 Å². The fourth-order valence-electron chi connectivity index (χ4n) is 0.678. The number of hydrogen-bond acceptors (Lipinski definition) is 2.